The Morgan fingerprint density at radius 1 is 1.29 bits per heavy atom. The number of pyridine rings is 1. The number of amides is 1. The average Bonchev–Trinajstić information content (AvgIpc) is 3.11. The quantitative estimate of drug-likeness (QED) is 0.623. The van der Waals surface area contributed by atoms with Crippen molar-refractivity contribution >= 4 is 5.91 Å². The van der Waals surface area contributed by atoms with Crippen molar-refractivity contribution in [3.63, 3.8) is 0 Å². The van der Waals surface area contributed by atoms with E-state index in [1.165, 1.54) is 13.0 Å². The van der Waals surface area contributed by atoms with E-state index in [2.05, 4.69) is 20.3 Å². The number of hydrogen-bond donors (Lipinski definition) is 0. The number of aryl methyl sites for hydroxylation is 1. The van der Waals surface area contributed by atoms with Crippen LogP contribution in [-0.4, -0.2) is 37.7 Å². The Bertz CT molecular complexity index is 1110. The number of carbonyl (C=O) groups is 1. The van der Waals surface area contributed by atoms with Crippen molar-refractivity contribution < 1.29 is 27.2 Å². The van der Waals surface area contributed by atoms with Gasteiger partial charge in [-0.25, -0.2) is 0 Å². The third-order valence-electron chi connectivity index (χ3n) is 5.05. The predicted molar refractivity (Wildman–Crippen MR) is 101 cm³/mol. The molecule has 0 N–H and O–H groups in total. The van der Waals surface area contributed by atoms with Crippen LogP contribution in [0.4, 0.5) is 13.2 Å². The second kappa shape index (κ2) is 7.97. The van der Waals surface area contributed by atoms with Gasteiger partial charge < -0.3 is 14.2 Å². The zero-order chi connectivity index (χ0) is 22.2. The summed E-state index contributed by atoms with van der Waals surface area (Å²) < 4.78 is 49.2. The number of rotatable bonds is 4. The van der Waals surface area contributed by atoms with Gasteiger partial charge in [0.2, 0.25) is 11.8 Å². The van der Waals surface area contributed by atoms with Gasteiger partial charge in [-0.3, -0.25) is 9.78 Å². The van der Waals surface area contributed by atoms with E-state index in [0.29, 0.717) is 48.0 Å². The summed E-state index contributed by atoms with van der Waals surface area (Å²) >= 11 is 0. The van der Waals surface area contributed by atoms with E-state index in [0.717, 1.165) is 23.5 Å². The van der Waals surface area contributed by atoms with Crippen LogP contribution < -0.4 is 4.74 Å². The highest BCUT2D eigenvalue weighted by Crippen LogP contribution is 2.31. The molecule has 0 radical (unpaired) electrons. The van der Waals surface area contributed by atoms with Gasteiger partial charge in [0.15, 0.2) is 0 Å². The highest BCUT2D eigenvalue weighted by Gasteiger charge is 2.32. The molecular formula is C20H18F3N5O3. The Morgan fingerprint density at radius 3 is 2.77 bits per heavy atom. The monoisotopic (exact) mass is 433 g/mol. The fraction of sp³-hybridized carbons (Fsp3) is 0.350. The summed E-state index contributed by atoms with van der Waals surface area (Å²) in [5, 5.41) is 12.2. The smallest absolute Gasteiger partial charge is 0.433 e. The molecule has 0 saturated carbocycles. The van der Waals surface area contributed by atoms with E-state index < -0.39 is 11.9 Å². The molecule has 3 aromatic heterocycles. The number of carbonyl (C=O) groups excluding carboxylic acids is 1. The van der Waals surface area contributed by atoms with Crippen molar-refractivity contribution in [1.82, 2.24) is 25.2 Å². The highest BCUT2D eigenvalue weighted by molar-refractivity contribution is 5.73. The van der Waals surface area contributed by atoms with Crippen LogP contribution in [0.2, 0.25) is 0 Å². The molecule has 0 unspecified atom stereocenters. The second-order valence-electron chi connectivity index (χ2n) is 7.13. The number of aromatic nitrogens is 4. The van der Waals surface area contributed by atoms with Crippen molar-refractivity contribution in [3.05, 3.63) is 52.7 Å². The number of hydrogen-bond acceptors (Lipinski definition) is 7. The maximum absolute atomic E-state index is 12.7. The van der Waals surface area contributed by atoms with Crippen LogP contribution in [0.3, 0.4) is 0 Å². The van der Waals surface area contributed by atoms with E-state index in [4.69, 9.17) is 9.26 Å². The third kappa shape index (κ3) is 4.35. The average molecular weight is 433 g/mol. The van der Waals surface area contributed by atoms with Crippen molar-refractivity contribution in [1.29, 1.82) is 0 Å². The maximum atomic E-state index is 12.7. The first-order valence-electron chi connectivity index (χ1n) is 9.45. The molecule has 0 spiro atoms. The van der Waals surface area contributed by atoms with E-state index in [-0.39, 0.29) is 12.5 Å². The Labute approximate surface area is 175 Å². The molecule has 1 amide bonds. The summed E-state index contributed by atoms with van der Waals surface area (Å²) in [6.45, 7) is 4.25. The van der Waals surface area contributed by atoms with E-state index in [1.807, 2.05) is 0 Å². The molecule has 1 aliphatic rings. The number of fused-ring (bicyclic) bond motifs is 1. The Kier molecular flexibility index (Phi) is 5.34. The van der Waals surface area contributed by atoms with Gasteiger partial charge >= 0.3 is 6.18 Å². The molecule has 31 heavy (non-hydrogen) atoms. The van der Waals surface area contributed by atoms with Crippen molar-refractivity contribution in [2.75, 3.05) is 6.54 Å². The molecule has 0 aliphatic carbocycles. The van der Waals surface area contributed by atoms with E-state index >= 15 is 0 Å². The number of halogens is 3. The fourth-order valence-electron chi connectivity index (χ4n) is 3.27. The standard InChI is InChI=1S/C20H18F3N5O3/c1-11-15(19(27-31-11)14-3-4-17(24-8-14)20(21,22)23)10-30-18-7-13-5-6-28(12(2)29)9-16(13)25-26-18/h3-4,7-8H,5-6,9-10H2,1-2H3. The van der Waals surface area contributed by atoms with Crippen molar-refractivity contribution in [2.45, 2.75) is 39.6 Å². The first-order chi connectivity index (χ1) is 14.7. The first kappa shape index (κ1) is 20.8. The minimum atomic E-state index is -4.52. The number of ether oxygens (including phenoxy) is 1. The largest absolute Gasteiger partial charge is 0.471 e. The van der Waals surface area contributed by atoms with Gasteiger partial charge in [-0.15, -0.1) is 10.2 Å². The molecular weight excluding hydrogens is 415 g/mol. The lowest BCUT2D eigenvalue weighted by Gasteiger charge is -2.26. The lowest BCUT2D eigenvalue weighted by Crippen LogP contribution is -2.35. The lowest BCUT2D eigenvalue weighted by atomic mass is 10.1. The molecule has 4 rings (SSSR count). The summed E-state index contributed by atoms with van der Waals surface area (Å²) in [4.78, 5) is 16.7. The summed E-state index contributed by atoms with van der Waals surface area (Å²) in [5.41, 5.74) is 2.00. The summed E-state index contributed by atoms with van der Waals surface area (Å²) in [6, 6.07) is 3.96. The summed E-state index contributed by atoms with van der Waals surface area (Å²) in [7, 11) is 0. The molecule has 4 heterocycles. The third-order valence-corrected chi connectivity index (χ3v) is 5.05. The Balaban J connectivity index is 1.50. The van der Waals surface area contributed by atoms with Crippen LogP contribution in [-0.2, 0) is 30.5 Å². The molecule has 0 saturated heterocycles. The molecule has 8 nitrogen and oxygen atoms in total. The number of alkyl halides is 3. The summed E-state index contributed by atoms with van der Waals surface area (Å²) in [5.74, 6) is 0.756. The molecule has 0 atom stereocenters. The van der Waals surface area contributed by atoms with Gasteiger partial charge in [0.25, 0.3) is 0 Å². The van der Waals surface area contributed by atoms with Gasteiger partial charge in [-0.2, -0.15) is 13.2 Å². The maximum Gasteiger partial charge on any atom is 0.433 e. The van der Waals surface area contributed by atoms with Gasteiger partial charge in [0.1, 0.15) is 23.8 Å². The van der Waals surface area contributed by atoms with Crippen LogP contribution in [0.5, 0.6) is 5.88 Å². The zero-order valence-corrected chi connectivity index (χ0v) is 16.7. The molecule has 11 heteroatoms. The van der Waals surface area contributed by atoms with Crippen molar-refractivity contribution in [2.24, 2.45) is 0 Å². The first-order valence-corrected chi connectivity index (χ1v) is 9.45. The van der Waals surface area contributed by atoms with Gasteiger partial charge in [0, 0.05) is 31.3 Å². The molecule has 162 valence electrons. The fourth-order valence-corrected chi connectivity index (χ4v) is 3.27. The Morgan fingerprint density at radius 2 is 2.10 bits per heavy atom. The topological polar surface area (TPSA) is 94.2 Å². The SMILES string of the molecule is CC(=O)N1CCc2cc(OCc3c(-c4ccc(C(F)(F)F)nc4)noc3C)nnc2C1. The van der Waals surface area contributed by atoms with Gasteiger partial charge in [-0.05, 0) is 31.0 Å². The molecule has 0 fully saturated rings. The van der Waals surface area contributed by atoms with Crippen LogP contribution in [0, 0.1) is 6.92 Å². The minimum absolute atomic E-state index is 0.0130. The summed E-state index contributed by atoms with van der Waals surface area (Å²) in [6.07, 6.45) is -2.77. The highest BCUT2D eigenvalue weighted by atomic mass is 19.4. The number of nitrogens with zero attached hydrogens (tertiary/aromatic N) is 5. The lowest BCUT2D eigenvalue weighted by molar-refractivity contribution is -0.141. The van der Waals surface area contributed by atoms with Gasteiger partial charge in [0.05, 0.1) is 17.8 Å². The minimum Gasteiger partial charge on any atom is -0.471 e. The Hall–Kier alpha value is -3.50. The molecule has 0 aromatic carbocycles. The van der Waals surface area contributed by atoms with Gasteiger partial charge in [-0.1, -0.05) is 5.16 Å². The van der Waals surface area contributed by atoms with Crippen LogP contribution >= 0.6 is 0 Å². The van der Waals surface area contributed by atoms with Crippen LogP contribution in [0.1, 0.15) is 35.2 Å². The van der Waals surface area contributed by atoms with E-state index in [1.54, 1.807) is 17.9 Å². The second-order valence-corrected chi connectivity index (χ2v) is 7.13. The van der Waals surface area contributed by atoms with Crippen LogP contribution in [0.25, 0.3) is 11.3 Å². The predicted octanol–water partition coefficient (Wildman–Crippen LogP) is 3.34. The molecule has 0 bridgehead atoms. The normalized spacial score (nSPS) is 13.8. The molecule has 3 aromatic rings. The molecule has 1 aliphatic heterocycles. The van der Waals surface area contributed by atoms with Crippen molar-refractivity contribution in [3.8, 4) is 17.1 Å². The zero-order valence-electron chi connectivity index (χ0n) is 16.7. The van der Waals surface area contributed by atoms with E-state index in [9.17, 15) is 18.0 Å². The van der Waals surface area contributed by atoms with Crippen LogP contribution in [0.15, 0.2) is 28.9 Å².